The second kappa shape index (κ2) is 9.61. The van der Waals surface area contributed by atoms with E-state index >= 15 is 0 Å². The van der Waals surface area contributed by atoms with Crippen LogP contribution < -0.4 is 4.74 Å². The number of rotatable bonds is 9. The first-order chi connectivity index (χ1) is 14.9. The molecule has 31 heavy (non-hydrogen) atoms. The van der Waals surface area contributed by atoms with Gasteiger partial charge in [-0.2, -0.15) is 0 Å². The third-order valence-corrected chi connectivity index (χ3v) is 5.30. The largest absolute Gasteiger partial charge is 0.503 e. The van der Waals surface area contributed by atoms with Gasteiger partial charge in [-0.1, -0.05) is 26.0 Å². The number of amides is 1. The van der Waals surface area contributed by atoms with Crippen LogP contribution in [0.25, 0.3) is 0 Å². The molecule has 0 fully saturated rings. The minimum Gasteiger partial charge on any atom is -0.503 e. The maximum atomic E-state index is 13.1. The molecule has 1 aromatic heterocycles. The number of likely N-dealkylation sites (N-methyl/N-ethyl adjacent to an activating group) is 1. The molecule has 3 rings (SSSR count). The van der Waals surface area contributed by atoms with Gasteiger partial charge in [0, 0.05) is 20.0 Å². The first kappa shape index (κ1) is 22.3. The molecule has 8 heteroatoms. The Balaban J connectivity index is 1.98. The minimum absolute atomic E-state index is 0.0280. The zero-order chi connectivity index (χ0) is 22.5. The van der Waals surface area contributed by atoms with Gasteiger partial charge < -0.3 is 24.1 Å². The van der Waals surface area contributed by atoms with E-state index in [4.69, 9.17) is 9.15 Å². The van der Waals surface area contributed by atoms with Gasteiger partial charge in [0.15, 0.2) is 11.5 Å². The molecular weight excluding hydrogens is 400 g/mol. The summed E-state index contributed by atoms with van der Waals surface area (Å²) >= 11 is 0. The lowest BCUT2D eigenvalue weighted by Gasteiger charge is -2.29. The number of hydrogen-bond acceptors (Lipinski definition) is 7. The standard InChI is InChI=1S/C23H26N2O6/c1-4-24(5-2)12-13-25-20(16-8-10-17(11-9-16)31-15(3)26)19(22(28)23(25)29)21(27)18-7-6-14-30-18/h6-11,14,20,28H,4-5,12-13H2,1-3H3. The molecule has 0 bridgehead atoms. The molecule has 0 aliphatic carbocycles. The first-order valence-electron chi connectivity index (χ1n) is 10.2. The van der Waals surface area contributed by atoms with Crippen LogP contribution in [-0.4, -0.2) is 58.7 Å². The van der Waals surface area contributed by atoms with E-state index in [1.165, 1.54) is 24.2 Å². The summed E-state index contributed by atoms with van der Waals surface area (Å²) in [6, 6.07) is 8.81. The molecule has 8 nitrogen and oxygen atoms in total. The van der Waals surface area contributed by atoms with Crippen molar-refractivity contribution in [2.45, 2.75) is 26.8 Å². The van der Waals surface area contributed by atoms with E-state index in [0.717, 1.165) is 13.1 Å². The average molecular weight is 426 g/mol. The Labute approximate surface area is 180 Å². The zero-order valence-electron chi connectivity index (χ0n) is 17.8. The molecule has 1 aliphatic heterocycles. The highest BCUT2D eigenvalue weighted by molar-refractivity contribution is 6.15. The number of Topliss-reactive ketones (excluding diaryl/α,β-unsaturated/α-hetero) is 1. The van der Waals surface area contributed by atoms with Crippen LogP contribution in [0.15, 0.2) is 58.4 Å². The van der Waals surface area contributed by atoms with Crippen LogP contribution in [0.3, 0.4) is 0 Å². The Morgan fingerprint density at radius 3 is 2.39 bits per heavy atom. The van der Waals surface area contributed by atoms with Crippen LogP contribution in [0.2, 0.25) is 0 Å². The van der Waals surface area contributed by atoms with Crippen molar-refractivity contribution in [2.75, 3.05) is 26.2 Å². The van der Waals surface area contributed by atoms with Crippen LogP contribution in [0, 0.1) is 0 Å². The normalized spacial score (nSPS) is 16.3. The third-order valence-electron chi connectivity index (χ3n) is 5.30. The van der Waals surface area contributed by atoms with Crippen LogP contribution in [0.5, 0.6) is 5.75 Å². The molecule has 0 saturated carbocycles. The number of ketones is 1. The van der Waals surface area contributed by atoms with Gasteiger partial charge >= 0.3 is 5.97 Å². The van der Waals surface area contributed by atoms with Crippen LogP contribution in [0.4, 0.5) is 0 Å². The topological polar surface area (TPSA) is 100 Å². The Morgan fingerprint density at radius 2 is 1.84 bits per heavy atom. The van der Waals surface area contributed by atoms with Crippen molar-refractivity contribution in [3.8, 4) is 5.75 Å². The summed E-state index contributed by atoms with van der Waals surface area (Å²) in [6.45, 7) is 7.92. The van der Waals surface area contributed by atoms with Gasteiger partial charge in [0.1, 0.15) is 5.75 Å². The van der Waals surface area contributed by atoms with Crippen LogP contribution >= 0.6 is 0 Å². The number of benzene rings is 1. The first-order valence-corrected chi connectivity index (χ1v) is 10.2. The molecule has 1 unspecified atom stereocenters. The average Bonchev–Trinajstić information content (AvgIpc) is 3.37. The van der Waals surface area contributed by atoms with Crippen molar-refractivity contribution in [3.63, 3.8) is 0 Å². The van der Waals surface area contributed by atoms with E-state index in [0.29, 0.717) is 24.4 Å². The van der Waals surface area contributed by atoms with Crippen molar-refractivity contribution in [1.29, 1.82) is 0 Å². The van der Waals surface area contributed by atoms with E-state index in [9.17, 15) is 19.5 Å². The van der Waals surface area contributed by atoms with Gasteiger partial charge in [-0.15, -0.1) is 0 Å². The maximum absolute atomic E-state index is 13.1. The van der Waals surface area contributed by atoms with E-state index in [-0.39, 0.29) is 11.3 Å². The molecule has 1 N–H and O–H groups in total. The molecule has 1 aromatic carbocycles. The highest BCUT2D eigenvalue weighted by Crippen LogP contribution is 2.39. The molecule has 164 valence electrons. The van der Waals surface area contributed by atoms with Crippen molar-refractivity contribution in [1.82, 2.24) is 9.80 Å². The predicted octanol–water partition coefficient (Wildman–Crippen LogP) is 3.13. The number of carbonyl (C=O) groups is 3. The Kier molecular flexibility index (Phi) is 6.91. The van der Waals surface area contributed by atoms with Gasteiger partial charge in [0.25, 0.3) is 5.91 Å². The van der Waals surface area contributed by atoms with Crippen LogP contribution in [0.1, 0.15) is 42.9 Å². The second-order valence-corrected chi connectivity index (χ2v) is 7.16. The summed E-state index contributed by atoms with van der Waals surface area (Å²) in [7, 11) is 0. The molecule has 1 aliphatic rings. The maximum Gasteiger partial charge on any atom is 0.308 e. The SMILES string of the molecule is CCN(CC)CCN1C(=O)C(O)=C(C(=O)c2ccco2)C1c1ccc(OC(C)=O)cc1. The summed E-state index contributed by atoms with van der Waals surface area (Å²) in [6.07, 6.45) is 1.36. The zero-order valence-corrected chi connectivity index (χ0v) is 17.8. The summed E-state index contributed by atoms with van der Waals surface area (Å²) in [4.78, 5) is 40.8. The molecule has 2 heterocycles. The van der Waals surface area contributed by atoms with E-state index in [1.54, 1.807) is 30.3 Å². The molecule has 0 saturated heterocycles. The number of aliphatic hydroxyl groups is 1. The molecule has 1 amide bonds. The lowest BCUT2D eigenvalue weighted by Crippen LogP contribution is -2.38. The Hall–Kier alpha value is -3.39. The van der Waals surface area contributed by atoms with E-state index in [2.05, 4.69) is 4.90 Å². The van der Waals surface area contributed by atoms with Crippen molar-refractivity contribution < 1.29 is 28.6 Å². The fourth-order valence-corrected chi connectivity index (χ4v) is 3.68. The lowest BCUT2D eigenvalue weighted by molar-refractivity contribution is -0.132. The second-order valence-electron chi connectivity index (χ2n) is 7.16. The van der Waals surface area contributed by atoms with Gasteiger partial charge in [-0.05, 0) is 42.9 Å². The molecule has 1 atom stereocenters. The number of furan rings is 1. The number of ether oxygens (including phenoxy) is 1. The van der Waals surface area contributed by atoms with Crippen molar-refractivity contribution >= 4 is 17.7 Å². The fraction of sp³-hybridized carbons (Fsp3) is 0.348. The summed E-state index contributed by atoms with van der Waals surface area (Å²) in [5.41, 5.74) is 0.586. The third kappa shape index (κ3) is 4.69. The summed E-state index contributed by atoms with van der Waals surface area (Å²) in [5, 5.41) is 10.6. The van der Waals surface area contributed by atoms with Gasteiger partial charge in [-0.3, -0.25) is 14.4 Å². The van der Waals surface area contributed by atoms with Crippen molar-refractivity contribution in [2.24, 2.45) is 0 Å². The molecule has 0 spiro atoms. The lowest BCUT2D eigenvalue weighted by atomic mass is 9.95. The summed E-state index contributed by atoms with van der Waals surface area (Å²) < 4.78 is 10.3. The van der Waals surface area contributed by atoms with E-state index < -0.39 is 29.5 Å². The molecular formula is C23H26N2O6. The van der Waals surface area contributed by atoms with Gasteiger partial charge in [0.05, 0.1) is 17.9 Å². The number of hydrogen-bond donors (Lipinski definition) is 1. The highest BCUT2D eigenvalue weighted by atomic mass is 16.5. The van der Waals surface area contributed by atoms with Crippen LogP contribution in [-0.2, 0) is 9.59 Å². The highest BCUT2D eigenvalue weighted by Gasteiger charge is 2.44. The minimum atomic E-state index is -0.785. The number of aliphatic hydroxyl groups excluding tert-OH is 1. The monoisotopic (exact) mass is 426 g/mol. The number of carbonyl (C=O) groups excluding carboxylic acids is 3. The fourth-order valence-electron chi connectivity index (χ4n) is 3.68. The quantitative estimate of drug-likeness (QED) is 0.373. The van der Waals surface area contributed by atoms with E-state index in [1.807, 2.05) is 13.8 Å². The number of esters is 1. The summed E-state index contributed by atoms with van der Waals surface area (Å²) in [5.74, 6) is -1.78. The Morgan fingerprint density at radius 1 is 1.16 bits per heavy atom. The predicted molar refractivity (Wildman–Crippen MR) is 113 cm³/mol. The smallest absolute Gasteiger partial charge is 0.308 e. The van der Waals surface area contributed by atoms with Gasteiger partial charge in [0.2, 0.25) is 5.78 Å². The number of nitrogens with zero attached hydrogens (tertiary/aromatic N) is 2. The van der Waals surface area contributed by atoms with Gasteiger partial charge in [-0.25, -0.2) is 0 Å². The molecule has 2 aromatic rings. The van der Waals surface area contributed by atoms with Crippen molar-refractivity contribution in [3.05, 3.63) is 65.3 Å². The Bertz CT molecular complexity index is 974. The molecule has 0 radical (unpaired) electrons.